The summed E-state index contributed by atoms with van der Waals surface area (Å²) in [5, 5.41) is 14.1. The van der Waals surface area contributed by atoms with Crippen LogP contribution in [0.4, 0.5) is 5.69 Å². The Kier molecular flexibility index (Phi) is 5.57. The van der Waals surface area contributed by atoms with E-state index in [1.165, 1.54) is 4.90 Å². The van der Waals surface area contributed by atoms with E-state index < -0.39 is 11.5 Å². The average molecular weight is 521 g/mol. The maximum Gasteiger partial charge on any atom is 0.264 e. The third kappa shape index (κ3) is 3.86. The zero-order chi connectivity index (χ0) is 23.2. The third-order valence-electron chi connectivity index (χ3n) is 6.07. The number of carbonyl (C=O) groups is 2. The Morgan fingerprint density at radius 1 is 0.939 bits per heavy atom. The van der Waals surface area contributed by atoms with Crippen LogP contribution in [0.15, 0.2) is 89.4 Å². The van der Waals surface area contributed by atoms with Crippen LogP contribution in [0.25, 0.3) is 10.8 Å². The molecule has 0 saturated heterocycles. The van der Waals surface area contributed by atoms with Crippen LogP contribution in [-0.4, -0.2) is 16.8 Å². The molecule has 33 heavy (non-hydrogen) atoms. The Bertz CT molecular complexity index is 1420. The van der Waals surface area contributed by atoms with Crippen molar-refractivity contribution in [3.63, 3.8) is 0 Å². The standard InChI is InChI=1S/C27H19BrClNO3/c28-21-11-12-24-22(14-21)27(33,26(32)30(24)16-20-7-3-4-8-23(20)29)15-25(31)19-10-9-17-5-1-2-6-18(17)13-19/h1-14,33H,15-16H2. The molecule has 1 heterocycles. The molecule has 0 saturated carbocycles. The van der Waals surface area contributed by atoms with Gasteiger partial charge in [0.2, 0.25) is 0 Å². The van der Waals surface area contributed by atoms with Gasteiger partial charge in [0, 0.05) is 20.6 Å². The maximum atomic E-state index is 13.6. The molecule has 0 aliphatic carbocycles. The van der Waals surface area contributed by atoms with Gasteiger partial charge in [-0.1, -0.05) is 82.1 Å². The number of anilines is 1. The Morgan fingerprint density at radius 3 is 2.45 bits per heavy atom. The van der Waals surface area contributed by atoms with Crippen LogP contribution in [0.3, 0.4) is 0 Å². The molecule has 0 bridgehead atoms. The minimum Gasteiger partial charge on any atom is -0.375 e. The lowest BCUT2D eigenvalue weighted by Crippen LogP contribution is -2.41. The van der Waals surface area contributed by atoms with Gasteiger partial charge in [-0.25, -0.2) is 0 Å². The number of rotatable bonds is 5. The summed E-state index contributed by atoms with van der Waals surface area (Å²) in [4.78, 5) is 28.3. The van der Waals surface area contributed by atoms with E-state index in [9.17, 15) is 14.7 Å². The van der Waals surface area contributed by atoms with Gasteiger partial charge in [-0.15, -0.1) is 0 Å². The number of carbonyl (C=O) groups excluding carboxylic acids is 2. The van der Waals surface area contributed by atoms with Crippen LogP contribution < -0.4 is 4.90 Å². The van der Waals surface area contributed by atoms with E-state index >= 15 is 0 Å². The second-order valence-corrected chi connectivity index (χ2v) is 9.49. The molecule has 1 aliphatic heterocycles. The summed E-state index contributed by atoms with van der Waals surface area (Å²) < 4.78 is 0.713. The summed E-state index contributed by atoms with van der Waals surface area (Å²) in [7, 11) is 0. The van der Waals surface area contributed by atoms with E-state index in [0.29, 0.717) is 26.3 Å². The molecular formula is C27H19BrClNO3. The molecule has 4 aromatic rings. The van der Waals surface area contributed by atoms with Gasteiger partial charge >= 0.3 is 0 Å². The van der Waals surface area contributed by atoms with E-state index in [1.807, 2.05) is 54.6 Å². The lowest BCUT2D eigenvalue weighted by Gasteiger charge is -2.23. The first kappa shape index (κ1) is 21.8. The molecule has 1 aliphatic rings. The molecule has 6 heteroatoms. The molecule has 5 rings (SSSR count). The first-order valence-electron chi connectivity index (χ1n) is 10.5. The highest BCUT2D eigenvalue weighted by molar-refractivity contribution is 9.10. The van der Waals surface area contributed by atoms with Crippen LogP contribution in [0.5, 0.6) is 0 Å². The predicted molar refractivity (Wildman–Crippen MR) is 134 cm³/mol. The fourth-order valence-corrected chi connectivity index (χ4v) is 4.90. The fourth-order valence-electron chi connectivity index (χ4n) is 4.34. The average Bonchev–Trinajstić information content (AvgIpc) is 3.01. The van der Waals surface area contributed by atoms with Gasteiger partial charge in [0.1, 0.15) is 0 Å². The SMILES string of the molecule is O=C(CC1(O)C(=O)N(Cc2ccccc2Cl)c2ccc(Br)cc21)c1ccc2ccccc2c1. The van der Waals surface area contributed by atoms with E-state index in [4.69, 9.17) is 11.6 Å². The Hall–Kier alpha value is -2.99. The van der Waals surface area contributed by atoms with E-state index in [1.54, 1.807) is 30.3 Å². The number of hydrogen-bond donors (Lipinski definition) is 1. The molecule has 4 nitrogen and oxygen atoms in total. The van der Waals surface area contributed by atoms with Crippen molar-refractivity contribution in [2.24, 2.45) is 0 Å². The number of benzene rings is 4. The van der Waals surface area contributed by atoms with Gasteiger partial charge in [0.05, 0.1) is 18.7 Å². The van der Waals surface area contributed by atoms with Crippen molar-refractivity contribution in [2.75, 3.05) is 4.90 Å². The number of halogens is 2. The second kappa shape index (κ2) is 8.41. The first-order chi connectivity index (χ1) is 15.9. The molecule has 1 N–H and O–H groups in total. The van der Waals surface area contributed by atoms with Crippen molar-refractivity contribution < 1.29 is 14.7 Å². The third-order valence-corrected chi connectivity index (χ3v) is 6.93. The number of ketones is 1. The first-order valence-corrected chi connectivity index (χ1v) is 11.6. The van der Waals surface area contributed by atoms with Gasteiger partial charge in [-0.05, 0) is 46.7 Å². The van der Waals surface area contributed by atoms with Crippen molar-refractivity contribution in [1.82, 2.24) is 0 Å². The molecule has 0 radical (unpaired) electrons. The van der Waals surface area contributed by atoms with Gasteiger partial charge in [0.25, 0.3) is 5.91 Å². The van der Waals surface area contributed by atoms with E-state index in [2.05, 4.69) is 15.9 Å². The van der Waals surface area contributed by atoms with Gasteiger partial charge in [-0.3, -0.25) is 9.59 Å². The second-order valence-electron chi connectivity index (χ2n) is 8.17. The van der Waals surface area contributed by atoms with E-state index in [0.717, 1.165) is 16.3 Å². The van der Waals surface area contributed by atoms with Gasteiger partial charge in [0.15, 0.2) is 11.4 Å². The smallest absolute Gasteiger partial charge is 0.264 e. The normalized spacial score (nSPS) is 17.4. The van der Waals surface area contributed by atoms with Crippen LogP contribution in [-0.2, 0) is 16.9 Å². The van der Waals surface area contributed by atoms with Crippen molar-refractivity contribution in [3.8, 4) is 0 Å². The molecule has 0 fully saturated rings. The number of Topliss-reactive ketones (excluding diaryl/α,β-unsaturated/α-hetero) is 1. The summed E-state index contributed by atoms with van der Waals surface area (Å²) >= 11 is 9.75. The van der Waals surface area contributed by atoms with Crippen molar-refractivity contribution in [1.29, 1.82) is 0 Å². The van der Waals surface area contributed by atoms with Crippen LogP contribution >= 0.6 is 27.5 Å². The summed E-state index contributed by atoms with van der Waals surface area (Å²) in [5.41, 5.74) is 0.214. The number of nitrogens with zero attached hydrogens (tertiary/aromatic N) is 1. The number of hydrogen-bond acceptors (Lipinski definition) is 3. The minimum absolute atomic E-state index is 0.194. The van der Waals surface area contributed by atoms with Crippen molar-refractivity contribution >= 4 is 55.7 Å². The number of aliphatic hydroxyl groups is 1. The Labute approximate surface area is 204 Å². The highest BCUT2D eigenvalue weighted by Gasteiger charge is 2.51. The number of fused-ring (bicyclic) bond motifs is 2. The van der Waals surface area contributed by atoms with Crippen molar-refractivity contribution in [2.45, 2.75) is 18.6 Å². The quantitative estimate of drug-likeness (QED) is 0.316. The monoisotopic (exact) mass is 519 g/mol. The van der Waals surface area contributed by atoms with E-state index in [-0.39, 0.29) is 18.7 Å². The molecule has 1 unspecified atom stereocenters. The summed E-state index contributed by atoms with van der Waals surface area (Å²) in [6.45, 7) is 0.194. The van der Waals surface area contributed by atoms with Crippen LogP contribution in [0.1, 0.15) is 27.9 Å². The molecule has 1 atom stereocenters. The highest BCUT2D eigenvalue weighted by atomic mass is 79.9. The summed E-state index contributed by atoms with van der Waals surface area (Å²) in [6.07, 6.45) is -0.355. The molecular weight excluding hydrogens is 502 g/mol. The topological polar surface area (TPSA) is 57.6 Å². The largest absolute Gasteiger partial charge is 0.375 e. The predicted octanol–water partition coefficient (Wildman–Crippen LogP) is 6.26. The van der Waals surface area contributed by atoms with Gasteiger partial charge in [-0.2, -0.15) is 0 Å². The van der Waals surface area contributed by atoms with Crippen LogP contribution in [0.2, 0.25) is 5.02 Å². The molecule has 0 aromatic heterocycles. The van der Waals surface area contributed by atoms with Gasteiger partial charge < -0.3 is 10.0 Å². The summed E-state index contributed by atoms with van der Waals surface area (Å²) in [6, 6.07) is 25.7. The lowest BCUT2D eigenvalue weighted by atomic mass is 9.87. The fraction of sp³-hybridized carbons (Fsp3) is 0.111. The molecule has 1 amide bonds. The zero-order valence-electron chi connectivity index (χ0n) is 17.5. The van der Waals surface area contributed by atoms with Crippen molar-refractivity contribution in [3.05, 3.63) is 111 Å². The Balaban J connectivity index is 1.52. The highest BCUT2D eigenvalue weighted by Crippen LogP contribution is 2.45. The zero-order valence-corrected chi connectivity index (χ0v) is 19.8. The molecule has 164 valence electrons. The molecule has 0 spiro atoms. The maximum absolute atomic E-state index is 13.6. The summed E-state index contributed by atoms with van der Waals surface area (Å²) in [5.74, 6) is -0.841. The number of amides is 1. The lowest BCUT2D eigenvalue weighted by molar-refractivity contribution is -0.136. The Morgan fingerprint density at radius 2 is 1.67 bits per heavy atom. The minimum atomic E-state index is -1.97. The van der Waals surface area contributed by atoms with Crippen LogP contribution in [0, 0.1) is 0 Å². The molecule has 4 aromatic carbocycles.